The number of hydrogen-bond acceptors (Lipinski definition) is 3. The van der Waals surface area contributed by atoms with Gasteiger partial charge in [0, 0.05) is 12.7 Å². The van der Waals surface area contributed by atoms with Gasteiger partial charge >= 0.3 is 0 Å². The van der Waals surface area contributed by atoms with Crippen LogP contribution in [0.5, 0.6) is 0 Å². The second-order valence-corrected chi connectivity index (χ2v) is 4.68. The Bertz CT molecular complexity index is 306. The molecule has 4 nitrogen and oxygen atoms in total. The number of aromatic nitrogens is 2. The summed E-state index contributed by atoms with van der Waals surface area (Å²) in [5.74, 6) is 0. The van der Waals surface area contributed by atoms with Gasteiger partial charge in [-0.15, -0.1) is 0 Å². The molecule has 0 aromatic carbocycles. The summed E-state index contributed by atoms with van der Waals surface area (Å²) >= 11 is 0. The van der Waals surface area contributed by atoms with Crippen molar-refractivity contribution in [2.45, 2.75) is 39.3 Å². The Hall–Kier alpha value is -0.870. The molecule has 0 spiro atoms. The largest absolute Gasteiger partial charge is 0.309 e. The van der Waals surface area contributed by atoms with Gasteiger partial charge in [0.2, 0.25) is 0 Å². The molecule has 0 radical (unpaired) electrons. The number of aryl methyl sites for hydroxylation is 1. The predicted molar refractivity (Wildman–Crippen MR) is 72.1 cm³/mol. The Labute approximate surface area is 105 Å². The van der Waals surface area contributed by atoms with Crippen molar-refractivity contribution < 1.29 is 0 Å². The van der Waals surface area contributed by atoms with E-state index in [4.69, 9.17) is 0 Å². The predicted octanol–water partition coefficient (Wildman–Crippen LogP) is 1.90. The van der Waals surface area contributed by atoms with Crippen LogP contribution in [0.1, 0.15) is 38.4 Å². The molecule has 98 valence electrons. The molecule has 0 amide bonds. The molecule has 0 saturated carbocycles. The van der Waals surface area contributed by atoms with E-state index in [9.17, 15) is 0 Å². The van der Waals surface area contributed by atoms with E-state index in [1.807, 2.05) is 6.20 Å². The van der Waals surface area contributed by atoms with E-state index in [-0.39, 0.29) is 0 Å². The first-order chi connectivity index (χ1) is 8.19. The summed E-state index contributed by atoms with van der Waals surface area (Å²) in [5.41, 5.74) is 1.32. The minimum atomic E-state index is 0.413. The molecule has 1 aromatic heterocycles. The third kappa shape index (κ3) is 4.48. The van der Waals surface area contributed by atoms with E-state index < -0.39 is 0 Å². The first-order valence-electron chi connectivity index (χ1n) is 6.58. The minimum Gasteiger partial charge on any atom is -0.309 e. The normalized spacial score (nSPS) is 13.2. The zero-order chi connectivity index (χ0) is 12.7. The van der Waals surface area contributed by atoms with Crippen LogP contribution in [0.25, 0.3) is 0 Å². The van der Waals surface area contributed by atoms with Crippen LogP contribution < -0.4 is 5.32 Å². The highest BCUT2D eigenvalue weighted by molar-refractivity contribution is 5.07. The van der Waals surface area contributed by atoms with E-state index in [1.165, 1.54) is 5.69 Å². The molecule has 1 aromatic rings. The summed E-state index contributed by atoms with van der Waals surface area (Å²) in [5, 5.41) is 7.95. The van der Waals surface area contributed by atoms with Crippen molar-refractivity contribution in [1.29, 1.82) is 0 Å². The third-order valence-electron chi connectivity index (χ3n) is 2.86. The van der Waals surface area contributed by atoms with Crippen LogP contribution in [0.15, 0.2) is 12.3 Å². The molecule has 0 bridgehead atoms. The van der Waals surface area contributed by atoms with Crippen molar-refractivity contribution in [2.75, 3.05) is 27.2 Å². The SMILES string of the molecule is CCCn1nccc1C(CCN(C)C)NCC. The molecule has 4 heteroatoms. The fraction of sp³-hybridized carbons (Fsp3) is 0.769. The molecule has 1 atom stereocenters. The van der Waals surface area contributed by atoms with Gasteiger partial charge in [-0.05, 0) is 46.1 Å². The molecule has 17 heavy (non-hydrogen) atoms. The van der Waals surface area contributed by atoms with Crippen molar-refractivity contribution in [2.24, 2.45) is 0 Å². The topological polar surface area (TPSA) is 33.1 Å². The van der Waals surface area contributed by atoms with Gasteiger partial charge in [-0.25, -0.2) is 0 Å². The summed E-state index contributed by atoms with van der Waals surface area (Å²) in [6.45, 7) is 7.44. The summed E-state index contributed by atoms with van der Waals surface area (Å²) < 4.78 is 2.13. The van der Waals surface area contributed by atoms with Gasteiger partial charge in [0.25, 0.3) is 0 Å². The average molecular weight is 238 g/mol. The lowest BCUT2D eigenvalue weighted by Crippen LogP contribution is -2.27. The highest BCUT2D eigenvalue weighted by Gasteiger charge is 2.14. The lowest BCUT2D eigenvalue weighted by atomic mass is 10.1. The van der Waals surface area contributed by atoms with Gasteiger partial charge in [-0.3, -0.25) is 4.68 Å². The Morgan fingerprint density at radius 3 is 2.76 bits per heavy atom. The number of rotatable bonds is 8. The van der Waals surface area contributed by atoms with Gasteiger partial charge in [-0.2, -0.15) is 5.10 Å². The Balaban J connectivity index is 2.70. The van der Waals surface area contributed by atoms with E-state index >= 15 is 0 Å². The molecule has 0 saturated heterocycles. The molecule has 0 fully saturated rings. The monoisotopic (exact) mass is 238 g/mol. The van der Waals surface area contributed by atoms with Crippen LogP contribution in [0, 0.1) is 0 Å². The average Bonchev–Trinajstić information content (AvgIpc) is 2.73. The smallest absolute Gasteiger partial charge is 0.0554 e. The van der Waals surface area contributed by atoms with Crippen LogP contribution in [-0.2, 0) is 6.54 Å². The van der Waals surface area contributed by atoms with Crippen LogP contribution in [0.4, 0.5) is 0 Å². The quantitative estimate of drug-likeness (QED) is 0.751. The van der Waals surface area contributed by atoms with Gasteiger partial charge < -0.3 is 10.2 Å². The number of nitrogens with one attached hydrogen (secondary N) is 1. The van der Waals surface area contributed by atoms with Crippen molar-refractivity contribution in [3.63, 3.8) is 0 Å². The number of nitrogens with zero attached hydrogens (tertiary/aromatic N) is 3. The van der Waals surface area contributed by atoms with Crippen molar-refractivity contribution in [3.8, 4) is 0 Å². The van der Waals surface area contributed by atoms with Crippen LogP contribution >= 0.6 is 0 Å². The van der Waals surface area contributed by atoms with Crippen molar-refractivity contribution in [1.82, 2.24) is 20.0 Å². The zero-order valence-electron chi connectivity index (χ0n) is 11.6. The third-order valence-corrected chi connectivity index (χ3v) is 2.86. The maximum absolute atomic E-state index is 4.40. The second-order valence-electron chi connectivity index (χ2n) is 4.68. The molecule has 1 rings (SSSR count). The van der Waals surface area contributed by atoms with Gasteiger partial charge in [0.15, 0.2) is 0 Å². The maximum Gasteiger partial charge on any atom is 0.0554 e. The van der Waals surface area contributed by atoms with E-state index in [0.29, 0.717) is 6.04 Å². The first-order valence-corrected chi connectivity index (χ1v) is 6.58. The van der Waals surface area contributed by atoms with Crippen LogP contribution in [-0.4, -0.2) is 41.9 Å². The summed E-state index contributed by atoms with van der Waals surface area (Å²) in [6, 6.07) is 2.55. The van der Waals surface area contributed by atoms with Crippen LogP contribution in [0.2, 0.25) is 0 Å². The Morgan fingerprint density at radius 1 is 1.41 bits per heavy atom. The molecular formula is C13H26N4. The van der Waals surface area contributed by atoms with E-state index in [1.54, 1.807) is 0 Å². The second kappa shape index (κ2) is 7.45. The minimum absolute atomic E-state index is 0.413. The number of hydrogen-bond donors (Lipinski definition) is 1. The molecule has 0 aliphatic rings. The van der Waals surface area contributed by atoms with Crippen molar-refractivity contribution in [3.05, 3.63) is 18.0 Å². The lowest BCUT2D eigenvalue weighted by Gasteiger charge is -2.21. The highest BCUT2D eigenvalue weighted by atomic mass is 15.3. The molecule has 1 heterocycles. The fourth-order valence-electron chi connectivity index (χ4n) is 2.03. The fourth-order valence-corrected chi connectivity index (χ4v) is 2.03. The zero-order valence-corrected chi connectivity index (χ0v) is 11.6. The lowest BCUT2D eigenvalue weighted by molar-refractivity contribution is 0.353. The van der Waals surface area contributed by atoms with E-state index in [2.05, 4.69) is 54.0 Å². The summed E-state index contributed by atoms with van der Waals surface area (Å²) in [4.78, 5) is 2.23. The highest BCUT2D eigenvalue weighted by Crippen LogP contribution is 2.16. The molecule has 0 aliphatic heterocycles. The van der Waals surface area contributed by atoms with Gasteiger partial charge in [0.1, 0.15) is 0 Å². The Kier molecular flexibility index (Phi) is 6.22. The van der Waals surface area contributed by atoms with E-state index in [0.717, 1.165) is 32.5 Å². The van der Waals surface area contributed by atoms with Gasteiger partial charge in [0.05, 0.1) is 11.7 Å². The van der Waals surface area contributed by atoms with Crippen LogP contribution in [0.3, 0.4) is 0 Å². The summed E-state index contributed by atoms with van der Waals surface area (Å²) in [6.07, 6.45) is 4.16. The Morgan fingerprint density at radius 2 is 2.18 bits per heavy atom. The maximum atomic E-state index is 4.40. The van der Waals surface area contributed by atoms with Gasteiger partial charge in [-0.1, -0.05) is 13.8 Å². The molecule has 1 N–H and O–H groups in total. The summed E-state index contributed by atoms with van der Waals surface area (Å²) in [7, 11) is 4.23. The van der Waals surface area contributed by atoms with Crippen molar-refractivity contribution >= 4 is 0 Å². The standard InChI is InChI=1S/C13H26N4/c1-5-10-17-13(7-9-15-17)12(14-6-2)8-11-16(3)4/h7,9,12,14H,5-6,8,10-11H2,1-4H3. The first kappa shape index (κ1) is 14.2. The molecular weight excluding hydrogens is 212 g/mol. The molecule has 1 unspecified atom stereocenters. The molecule has 0 aliphatic carbocycles.